The summed E-state index contributed by atoms with van der Waals surface area (Å²) in [4.78, 5) is 28.3. The van der Waals surface area contributed by atoms with E-state index in [1.165, 1.54) is 16.7 Å². The monoisotopic (exact) mass is 416 g/mol. The molecule has 1 saturated heterocycles. The van der Waals surface area contributed by atoms with Crippen LogP contribution < -0.4 is 5.32 Å². The summed E-state index contributed by atoms with van der Waals surface area (Å²) in [6, 6.07) is 12.9. The van der Waals surface area contributed by atoms with Crippen LogP contribution >= 0.6 is 0 Å². The van der Waals surface area contributed by atoms with Gasteiger partial charge in [0.25, 0.3) is 0 Å². The molecule has 0 bridgehead atoms. The van der Waals surface area contributed by atoms with E-state index in [4.69, 9.17) is 0 Å². The molecule has 0 aromatic heterocycles. The van der Waals surface area contributed by atoms with Gasteiger partial charge in [0, 0.05) is 18.7 Å². The maximum absolute atomic E-state index is 13.9. The number of hydrogen-bond donors (Lipinski definition) is 1. The number of aryl methyl sites for hydroxylation is 3. The van der Waals surface area contributed by atoms with Gasteiger partial charge in [0.05, 0.1) is 0 Å². The first-order chi connectivity index (χ1) is 14.9. The summed E-state index contributed by atoms with van der Waals surface area (Å²) in [5.41, 5.74) is 6.42. The number of nitrogens with one attached hydrogen (secondary N) is 1. The molecule has 1 N–H and O–H groups in total. The summed E-state index contributed by atoms with van der Waals surface area (Å²) in [5, 5.41) is 3.27. The second kappa shape index (κ2) is 7.51. The lowest BCUT2D eigenvalue weighted by atomic mass is 9.62. The number of β-lactam (4-membered cyclic amide) rings is 1. The molecular weight excluding hydrogens is 384 g/mol. The molecule has 2 amide bonds. The molecular formula is C27H32N2O2. The van der Waals surface area contributed by atoms with Crippen molar-refractivity contribution in [3.63, 3.8) is 0 Å². The molecule has 2 fully saturated rings. The maximum atomic E-state index is 13.9. The normalized spacial score (nSPS) is 27.2. The highest BCUT2D eigenvalue weighted by Gasteiger charge is 2.54. The van der Waals surface area contributed by atoms with E-state index in [0.29, 0.717) is 24.8 Å². The second-order valence-electron chi connectivity index (χ2n) is 9.99. The molecule has 4 heteroatoms. The standard InChI is InChI=1S/C27H32N2O2/c1-17-12-18(2)25(19(3)13-17)28-26(31)27(29-11-9-24(29)30)10-8-22-14-20-6-4-5-7-21(20)15-23(22)16-27/h4-7,12-13,22-23H,8-11,14-16H2,1-3H3,(H,28,31)/t22-,23-,27-/m0/s1. The predicted octanol–water partition coefficient (Wildman–Crippen LogP) is 4.74. The Morgan fingerprint density at radius 2 is 1.68 bits per heavy atom. The molecule has 2 aromatic carbocycles. The summed E-state index contributed by atoms with van der Waals surface area (Å²) in [5.74, 6) is 1.19. The van der Waals surface area contributed by atoms with Gasteiger partial charge in [0.15, 0.2) is 0 Å². The fourth-order valence-electron chi connectivity index (χ4n) is 6.34. The smallest absolute Gasteiger partial charge is 0.250 e. The first-order valence-electron chi connectivity index (χ1n) is 11.6. The second-order valence-corrected chi connectivity index (χ2v) is 9.99. The number of rotatable bonds is 3. The Balaban J connectivity index is 1.46. The Labute approximate surface area is 185 Å². The summed E-state index contributed by atoms with van der Waals surface area (Å²) >= 11 is 0. The zero-order valence-corrected chi connectivity index (χ0v) is 18.8. The zero-order chi connectivity index (χ0) is 21.8. The van der Waals surface area contributed by atoms with E-state index in [1.807, 2.05) is 18.7 Å². The Kier molecular flexibility index (Phi) is 4.91. The van der Waals surface area contributed by atoms with Crippen LogP contribution in [0, 0.1) is 32.6 Å². The van der Waals surface area contributed by atoms with Crippen LogP contribution in [0.2, 0.25) is 0 Å². The molecule has 0 unspecified atom stereocenters. The van der Waals surface area contributed by atoms with Gasteiger partial charge in [-0.1, -0.05) is 42.0 Å². The SMILES string of the molecule is Cc1cc(C)c(NC(=O)[C@]2(N3CCC3=O)CC[C@H]3Cc4ccccc4C[C@H]3C2)c(C)c1. The minimum Gasteiger partial charge on any atom is -0.327 e. The molecule has 3 atom stereocenters. The van der Waals surface area contributed by atoms with E-state index in [0.717, 1.165) is 48.9 Å². The van der Waals surface area contributed by atoms with Gasteiger partial charge in [0.1, 0.15) is 5.54 Å². The number of anilines is 1. The van der Waals surface area contributed by atoms with E-state index in [9.17, 15) is 9.59 Å². The van der Waals surface area contributed by atoms with E-state index in [2.05, 4.69) is 48.6 Å². The lowest BCUT2D eigenvalue weighted by Crippen LogP contribution is -2.66. The van der Waals surface area contributed by atoms with Crippen molar-refractivity contribution in [2.75, 3.05) is 11.9 Å². The lowest BCUT2D eigenvalue weighted by Gasteiger charge is -2.53. The van der Waals surface area contributed by atoms with Crippen LogP contribution in [0.5, 0.6) is 0 Å². The topological polar surface area (TPSA) is 49.4 Å². The molecule has 3 aliphatic rings. The molecule has 5 rings (SSSR count). The number of nitrogens with zero attached hydrogens (tertiary/aromatic N) is 1. The highest BCUT2D eigenvalue weighted by molar-refractivity contribution is 6.02. The van der Waals surface area contributed by atoms with Crippen LogP contribution in [-0.2, 0) is 22.4 Å². The predicted molar refractivity (Wildman–Crippen MR) is 123 cm³/mol. The quantitative estimate of drug-likeness (QED) is 0.735. The number of fused-ring (bicyclic) bond motifs is 2. The van der Waals surface area contributed by atoms with Crippen LogP contribution in [0.15, 0.2) is 36.4 Å². The van der Waals surface area contributed by atoms with Crippen molar-refractivity contribution in [3.8, 4) is 0 Å². The Hall–Kier alpha value is -2.62. The molecule has 0 radical (unpaired) electrons. The average molecular weight is 417 g/mol. The summed E-state index contributed by atoms with van der Waals surface area (Å²) < 4.78 is 0. The maximum Gasteiger partial charge on any atom is 0.250 e. The number of likely N-dealkylation sites (tertiary alicyclic amines) is 1. The fourth-order valence-corrected chi connectivity index (χ4v) is 6.34. The van der Waals surface area contributed by atoms with Crippen LogP contribution in [0.25, 0.3) is 0 Å². The molecule has 1 saturated carbocycles. The van der Waals surface area contributed by atoms with Crippen LogP contribution in [0.3, 0.4) is 0 Å². The van der Waals surface area contributed by atoms with Crippen molar-refractivity contribution >= 4 is 17.5 Å². The Morgan fingerprint density at radius 1 is 1.03 bits per heavy atom. The first kappa shape index (κ1) is 20.3. The zero-order valence-electron chi connectivity index (χ0n) is 18.8. The van der Waals surface area contributed by atoms with Crippen LogP contribution in [0.1, 0.15) is 53.5 Å². The molecule has 1 aliphatic heterocycles. The van der Waals surface area contributed by atoms with Crippen molar-refractivity contribution in [2.24, 2.45) is 11.8 Å². The third-order valence-corrected chi connectivity index (χ3v) is 7.98. The molecule has 4 nitrogen and oxygen atoms in total. The van der Waals surface area contributed by atoms with Gasteiger partial charge in [-0.3, -0.25) is 9.59 Å². The van der Waals surface area contributed by atoms with Crippen molar-refractivity contribution in [1.82, 2.24) is 4.90 Å². The number of benzene rings is 2. The van der Waals surface area contributed by atoms with Crippen molar-refractivity contribution in [2.45, 2.75) is 64.8 Å². The highest BCUT2D eigenvalue weighted by Crippen LogP contribution is 2.47. The van der Waals surface area contributed by atoms with Gasteiger partial charge < -0.3 is 10.2 Å². The van der Waals surface area contributed by atoms with Gasteiger partial charge in [-0.2, -0.15) is 0 Å². The lowest BCUT2D eigenvalue weighted by molar-refractivity contribution is -0.159. The summed E-state index contributed by atoms with van der Waals surface area (Å²) in [6.45, 7) is 6.87. The molecule has 0 spiro atoms. The van der Waals surface area contributed by atoms with E-state index in [1.54, 1.807) is 0 Å². The highest BCUT2D eigenvalue weighted by atomic mass is 16.2. The van der Waals surface area contributed by atoms with E-state index >= 15 is 0 Å². The van der Waals surface area contributed by atoms with E-state index in [-0.39, 0.29) is 11.8 Å². The number of carbonyl (C=O) groups is 2. The van der Waals surface area contributed by atoms with Gasteiger partial charge in [-0.25, -0.2) is 0 Å². The first-order valence-corrected chi connectivity index (χ1v) is 11.6. The van der Waals surface area contributed by atoms with Crippen molar-refractivity contribution in [1.29, 1.82) is 0 Å². The average Bonchev–Trinajstić information content (AvgIpc) is 2.73. The Morgan fingerprint density at radius 3 is 2.26 bits per heavy atom. The van der Waals surface area contributed by atoms with Crippen molar-refractivity contribution in [3.05, 3.63) is 64.2 Å². The van der Waals surface area contributed by atoms with Gasteiger partial charge in [-0.05, 0) is 87.0 Å². The van der Waals surface area contributed by atoms with Crippen LogP contribution in [-0.4, -0.2) is 28.8 Å². The number of carbonyl (C=O) groups excluding carboxylic acids is 2. The molecule has 2 aliphatic carbocycles. The number of hydrogen-bond acceptors (Lipinski definition) is 2. The van der Waals surface area contributed by atoms with Crippen molar-refractivity contribution < 1.29 is 9.59 Å². The molecule has 162 valence electrons. The van der Waals surface area contributed by atoms with E-state index < -0.39 is 5.54 Å². The van der Waals surface area contributed by atoms with Gasteiger partial charge >= 0.3 is 0 Å². The number of amides is 2. The van der Waals surface area contributed by atoms with Gasteiger partial charge in [-0.15, -0.1) is 0 Å². The molecule has 1 heterocycles. The molecule has 31 heavy (non-hydrogen) atoms. The largest absolute Gasteiger partial charge is 0.327 e. The summed E-state index contributed by atoms with van der Waals surface area (Å²) in [6.07, 6.45) is 5.21. The minimum atomic E-state index is -0.716. The van der Waals surface area contributed by atoms with Gasteiger partial charge in [0.2, 0.25) is 11.8 Å². The minimum absolute atomic E-state index is 0.00733. The summed E-state index contributed by atoms with van der Waals surface area (Å²) in [7, 11) is 0. The third-order valence-electron chi connectivity index (χ3n) is 7.98. The van der Waals surface area contributed by atoms with Crippen LogP contribution in [0.4, 0.5) is 5.69 Å². The fraction of sp³-hybridized carbons (Fsp3) is 0.481. The molecule has 2 aromatic rings. The Bertz CT molecular complexity index is 1040. The third kappa shape index (κ3) is 3.37.